The largest absolute Gasteiger partial charge is 0.478 e. The summed E-state index contributed by atoms with van der Waals surface area (Å²) in [5, 5.41) is 21.0. The number of ether oxygens (including phenoxy) is 2. The highest BCUT2D eigenvalue weighted by Crippen LogP contribution is 2.42. The Hall–Kier alpha value is -7.07. The maximum absolute atomic E-state index is 13.1. The highest BCUT2D eigenvalue weighted by Gasteiger charge is 2.27. The summed E-state index contributed by atoms with van der Waals surface area (Å²) in [6, 6.07) is 36.0. The number of methoxy groups -OCH3 is 2. The summed E-state index contributed by atoms with van der Waals surface area (Å²) in [5.41, 5.74) is 7.28. The number of hydrogen-bond acceptors (Lipinski definition) is 17. The Morgan fingerprint density at radius 2 is 0.901 bits per heavy atom. The Balaban J connectivity index is 0.000000263. The first kappa shape index (κ1) is 66.4. The molecule has 6 aromatic rings. The van der Waals surface area contributed by atoms with Crippen LogP contribution in [0.25, 0.3) is 0 Å². The zero-order valence-electron chi connectivity index (χ0n) is 45.9. The van der Waals surface area contributed by atoms with Crippen LogP contribution in [-0.2, 0) is 39.5 Å². The molecule has 7 N–H and O–H groups in total. The second kappa shape index (κ2) is 31.8. The van der Waals surface area contributed by atoms with Crippen molar-refractivity contribution in [1.82, 2.24) is 9.80 Å². The van der Waals surface area contributed by atoms with Crippen molar-refractivity contribution in [3.05, 3.63) is 144 Å². The molecular formula is C55H66N8O12S6. The highest BCUT2D eigenvalue weighted by atomic mass is 32.2. The number of carboxylic acid groups (broad SMARTS) is 1. The minimum absolute atomic E-state index is 0.0426. The Kier molecular flexibility index (Phi) is 26.1. The molecule has 26 heteroatoms. The Labute approximate surface area is 487 Å². The van der Waals surface area contributed by atoms with Gasteiger partial charge in [0.1, 0.15) is 22.5 Å². The molecule has 6 aromatic carbocycles. The second-order valence-electron chi connectivity index (χ2n) is 17.6. The van der Waals surface area contributed by atoms with Crippen LogP contribution in [-0.4, -0.2) is 126 Å². The first-order valence-electron chi connectivity index (χ1n) is 24.7. The maximum Gasteiger partial charge on any atom is 0.337 e. The van der Waals surface area contributed by atoms with E-state index < -0.39 is 48.0 Å². The number of carbonyl (C=O) groups is 3. The number of esters is 2. The standard InChI is InChI=1S/C21H27N3O4S2.C17H19N3O4S2.C17H20N2O4S2/c1-5-6-12-22-18-13-16(21(25)28-4)14-19(30(26,27)23-15-24(2)3)20(18)29-17-10-8-7-9-11-17;1-20(2)11-19-26(22,23)15-10-12(17(21)24-3)9-14(18)16(15)25-13-7-5-4-6-8-13;1-2-3-9-19-14-10-12(17(20)21)11-15(25(18,22)23)16(14)24-13-7-5-4-6-8-13/h7-11,13-15,22H,5-6,12H2,1-4H3;4-11H,18H2,1-3H3;4-8,10-11,19H,2-3,9H2,1H3,(H,20,21)(H2,18,22,23). The molecule has 6 rings (SSSR count). The van der Waals surface area contributed by atoms with Crippen molar-refractivity contribution in [3.8, 4) is 0 Å². The summed E-state index contributed by atoms with van der Waals surface area (Å²) in [7, 11) is -3.09. The third-order valence-electron chi connectivity index (χ3n) is 10.6. The van der Waals surface area contributed by atoms with E-state index in [4.69, 9.17) is 15.6 Å². The van der Waals surface area contributed by atoms with Crippen LogP contribution < -0.4 is 21.5 Å². The summed E-state index contributed by atoms with van der Waals surface area (Å²) < 4.78 is 92.6. The average molecular weight is 1220 g/mol. The van der Waals surface area contributed by atoms with Gasteiger partial charge in [-0.3, -0.25) is 0 Å². The second-order valence-corrected chi connectivity index (χ2v) is 25.5. The van der Waals surface area contributed by atoms with Crippen LogP contribution in [0.2, 0.25) is 0 Å². The van der Waals surface area contributed by atoms with E-state index >= 15 is 0 Å². The van der Waals surface area contributed by atoms with Gasteiger partial charge in [0.2, 0.25) is 10.0 Å². The lowest BCUT2D eigenvalue weighted by Gasteiger charge is -2.17. The van der Waals surface area contributed by atoms with E-state index in [-0.39, 0.29) is 37.1 Å². The quantitative estimate of drug-likeness (QED) is 0.0124. The Morgan fingerprint density at radius 1 is 0.556 bits per heavy atom. The summed E-state index contributed by atoms with van der Waals surface area (Å²) in [4.78, 5) is 41.8. The number of nitrogens with zero attached hydrogens (tertiary/aromatic N) is 4. The fourth-order valence-electron chi connectivity index (χ4n) is 6.65. The first-order chi connectivity index (χ1) is 38.3. The third-order valence-corrected chi connectivity index (χ3v) is 17.9. The molecule has 0 unspecified atom stereocenters. The molecular weight excluding hydrogens is 1160 g/mol. The van der Waals surface area contributed by atoms with E-state index in [2.05, 4.69) is 31.1 Å². The van der Waals surface area contributed by atoms with Crippen molar-refractivity contribution in [1.29, 1.82) is 0 Å². The summed E-state index contributed by atoms with van der Waals surface area (Å²) >= 11 is 3.72. The van der Waals surface area contributed by atoms with Crippen molar-refractivity contribution in [2.24, 2.45) is 13.9 Å². The van der Waals surface area contributed by atoms with E-state index in [1.807, 2.05) is 97.9 Å². The zero-order valence-corrected chi connectivity index (χ0v) is 50.8. The number of primary sulfonamides is 1. The number of nitrogen functional groups attached to an aromatic ring is 1. The molecule has 0 aromatic heterocycles. The van der Waals surface area contributed by atoms with Crippen molar-refractivity contribution >= 4 is 113 Å². The molecule has 81 heavy (non-hydrogen) atoms. The normalized spacial score (nSPS) is 11.4. The van der Waals surface area contributed by atoms with Crippen LogP contribution >= 0.6 is 35.3 Å². The van der Waals surface area contributed by atoms with Crippen molar-refractivity contribution in [3.63, 3.8) is 0 Å². The number of hydrogen-bond donors (Lipinski definition) is 5. The van der Waals surface area contributed by atoms with Crippen molar-refractivity contribution < 1.29 is 54.2 Å². The van der Waals surface area contributed by atoms with Gasteiger partial charge in [0.15, 0.2) is 0 Å². The van der Waals surface area contributed by atoms with Gasteiger partial charge in [-0.1, -0.05) is 117 Å². The molecule has 0 bridgehead atoms. The Morgan fingerprint density at radius 3 is 1.26 bits per heavy atom. The lowest BCUT2D eigenvalue weighted by Crippen LogP contribution is -2.16. The number of nitrogens with one attached hydrogen (secondary N) is 2. The van der Waals surface area contributed by atoms with Crippen molar-refractivity contribution in [2.45, 2.75) is 83.6 Å². The molecule has 0 radical (unpaired) electrons. The number of nitrogens with two attached hydrogens (primary N) is 2. The van der Waals surface area contributed by atoms with Gasteiger partial charge in [-0.05, 0) is 85.6 Å². The van der Waals surface area contributed by atoms with E-state index in [0.717, 1.165) is 46.4 Å². The smallest absolute Gasteiger partial charge is 0.337 e. The topological polar surface area (TPSA) is 300 Å². The van der Waals surface area contributed by atoms with Gasteiger partial charge in [0.05, 0.1) is 61.9 Å². The van der Waals surface area contributed by atoms with Crippen LogP contribution in [0.1, 0.15) is 70.6 Å². The van der Waals surface area contributed by atoms with E-state index in [9.17, 15) is 44.7 Å². The van der Waals surface area contributed by atoms with Crippen LogP contribution in [0.4, 0.5) is 17.1 Å². The number of benzene rings is 6. The number of unbranched alkanes of at least 4 members (excludes halogenated alkanes) is 2. The predicted octanol–water partition coefficient (Wildman–Crippen LogP) is 10.00. The van der Waals surface area contributed by atoms with E-state index in [0.29, 0.717) is 39.2 Å². The molecule has 20 nitrogen and oxygen atoms in total. The van der Waals surface area contributed by atoms with Crippen LogP contribution in [0.5, 0.6) is 0 Å². The predicted molar refractivity (Wildman–Crippen MR) is 322 cm³/mol. The van der Waals surface area contributed by atoms with Gasteiger partial charge >= 0.3 is 17.9 Å². The summed E-state index contributed by atoms with van der Waals surface area (Å²) in [5.74, 6) is -2.50. The van der Waals surface area contributed by atoms with E-state index in [1.165, 1.54) is 96.2 Å². The van der Waals surface area contributed by atoms with Gasteiger partial charge in [-0.25, -0.2) is 27.9 Å². The van der Waals surface area contributed by atoms with Gasteiger partial charge in [-0.2, -0.15) is 16.8 Å². The SMILES string of the molecule is CCCCNc1cc(C(=O)O)cc(S(N)(=O)=O)c1Sc1ccccc1.CCCCNc1cc(C(=O)OC)cc(S(=O)(=O)N=CN(C)C)c1Sc1ccccc1.COC(=O)c1cc(N)c(Sc2ccccc2)c(S(=O)(=O)N=CN(C)C)c1. The number of carboxylic acids is 1. The van der Waals surface area contributed by atoms with Crippen molar-refractivity contribution in [2.75, 3.05) is 71.9 Å². The third kappa shape index (κ3) is 20.8. The number of sulfonamides is 3. The molecule has 0 saturated carbocycles. The van der Waals surface area contributed by atoms with Gasteiger partial charge < -0.3 is 40.7 Å². The molecule has 0 aliphatic heterocycles. The maximum atomic E-state index is 13.1. The first-order valence-corrected chi connectivity index (χ1v) is 31.6. The fourth-order valence-corrected chi connectivity index (χ4v) is 13.5. The lowest BCUT2D eigenvalue weighted by atomic mass is 10.2. The fraction of sp³-hybridized carbons (Fsp3) is 0.255. The minimum atomic E-state index is -4.09. The molecule has 0 aliphatic carbocycles. The minimum Gasteiger partial charge on any atom is -0.478 e. The van der Waals surface area contributed by atoms with Gasteiger partial charge in [0, 0.05) is 61.7 Å². The zero-order chi connectivity index (χ0) is 59.9. The number of aromatic carboxylic acids is 1. The molecule has 0 atom stereocenters. The molecule has 0 saturated heterocycles. The monoisotopic (exact) mass is 1220 g/mol. The van der Waals surface area contributed by atoms with E-state index in [1.54, 1.807) is 34.3 Å². The van der Waals surface area contributed by atoms with Gasteiger partial charge in [0.25, 0.3) is 20.0 Å². The molecule has 0 amide bonds. The summed E-state index contributed by atoms with van der Waals surface area (Å²) in [6.45, 7) is 5.35. The number of carbonyl (C=O) groups excluding carboxylic acids is 2. The number of rotatable bonds is 24. The molecule has 0 aliphatic rings. The Bertz CT molecular complexity index is 3500. The molecule has 434 valence electrons. The number of anilines is 3. The van der Waals surface area contributed by atoms with Crippen LogP contribution in [0.15, 0.2) is 180 Å². The highest BCUT2D eigenvalue weighted by molar-refractivity contribution is 8.01. The molecule has 0 fully saturated rings. The van der Waals surface area contributed by atoms with Gasteiger partial charge in [-0.15, -0.1) is 8.80 Å². The lowest BCUT2D eigenvalue weighted by molar-refractivity contribution is 0.0591. The average Bonchev–Trinajstić information content (AvgIpc) is 3.50. The van der Waals surface area contributed by atoms with Crippen LogP contribution in [0.3, 0.4) is 0 Å². The molecule has 0 spiro atoms. The van der Waals surface area contributed by atoms with Crippen LogP contribution in [0, 0.1) is 0 Å². The molecule has 0 heterocycles. The summed E-state index contributed by atoms with van der Waals surface area (Å²) in [6.07, 6.45) is 6.10.